The number of amides is 1. The molecule has 0 bridgehead atoms. The number of tetrazole rings is 1. The quantitative estimate of drug-likeness (QED) is 0.743. The third kappa shape index (κ3) is 3.31. The van der Waals surface area contributed by atoms with Crippen LogP contribution in [0.2, 0.25) is 0 Å². The van der Waals surface area contributed by atoms with E-state index in [1.807, 2.05) is 36.4 Å². The van der Waals surface area contributed by atoms with E-state index in [4.69, 9.17) is 0 Å². The second-order valence-corrected chi connectivity index (χ2v) is 5.33. The minimum absolute atomic E-state index is 0.467. The molecular weight excluding hydrogens is 306 g/mol. The summed E-state index contributed by atoms with van der Waals surface area (Å²) >= 11 is 0. The summed E-state index contributed by atoms with van der Waals surface area (Å²) in [7, 11) is 0. The number of rotatable bonds is 5. The summed E-state index contributed by atoms with van der Waals surface area (Å²) in [5.74, 6) is -0.0221. The Kier molecular flexibility index (Phi) is 4.62. The van der Waals surface area contributed by atoms with Gasteiger partial charge in [0, 0.05) is 0 Å². The van der Waals surface area contributed by atoms with Gasteiger partial charge in [-0.3, -0.25) is 4.79 Å². The predicted molar refractivity (Wildman–Crippen MR) is 87.1 cm³/mol. The molecule has 0 aliphatic rings. The summed E-state index contributed by atoms with van der Waals surface area (Å²) in [4.78, 5) is 12.3. The fraction of sp³-hybridized carbons (Fsp3) is 0.176. The summed E-state index contributed by atoms with van der Waals surface area (Å²) in [5.41, 5.74) is 1.33. The van der Waals surface area contributed by atoms with Crippen LogP contribution in [0.15, 0.2) is 60.7 Å². The van der Waals surface area contributed by atoms with Crippen molar-refractivity contribution in [2.24, 2.45) is 0 Å². The monoisotopic (exact) mass is 323 g/mol. The number of aliphatic hydroxyl groups excluding tert-OH is 1. The van der Waals surface area contributed by atoms with Crippen LogP contribution in [0, 0.1) is 0 Å². The molecule has 0 aliphatic carbocycles. The van der Waals surface area contributed by atoms with E-state index in [2.05, 4.69) is 20.8 Å². The first-order valence-electron chi connectivity index (χ1n) is 7.54. The summed E-state index contributed by atoms with van der Waals surface area (Å²) in [6, 6.07) is 17.7. The molecule has 7 nitrogen and oxygen atoms in total. The molecule has 0 fully saturated rings. The molecule has 3 aromatic rings. The lowest BCUT2D eigenvalue weighted by Gasteiger charge is -2.16. The van der Waals surface area contributed by atoms with Crippen LogP contribution in [-0.4, -0.2) is 31.2 Å². The Morgan fingerprint density at radius 2 is 1.71 bits per heavy atom. The summed E-state index contributed by atoms with van der Waals surface area (Å²) in [5, 5.41) is 24.5. The molecule has 2 atom stereocenters. The maximum absolute atomic E-state index is 12.3. The van der Waals surface area contributed by atoms with Crippen molar-refractivity contribution in [2.45, 2.75) is 19.1 Å². The third-order valence-corrected chi connectivity index (χ3v) is 3.60. The van der Waals surface area contributed by atoms with E-state index in [9.17, 15) is 9.90 Å². The minimum atomic E-state index is -1.24. The second-order valence-electron chi connectivity index (χ2n) is 5.33. The Morgan fingerprint density at radius 1 is 1.08 bits per heavy atom. The Morgan fingerprint density at radius 3 is 2.38 bits per heavy atom. The van der Waals surface area contributed by atoms with Crippen LogP contribution < -0.4 is 5.32 Å². The van der Waals surface area contributed by atoms with Gasteiger partial charge in [-0.15, -0.1) is 5.10 Å². The number of nitrogens with one attached hydrogen (secondary N) is 1. The number of benzene rings is 2. The maximum atomic E-state index is 12.3. The molecule has 7 heteroatoms. The molecule has 0 radical (unpaired) electrons. The van der Waals surface area contributed by atoms with E-state index in [1.165, 1.54) is 0 Å². The Balaban J connectivity index is 1.75. The standard InChI is InChI=1S/C17H17N5O2/c1-12(18-17(24)15(23)13-8-4-2-5-9-13)16-19-20-21-22(16)14-10-6-3-7-11-14/h2-12,15,23H,1H3,(H,18,24). The fourth-order valence-corrected chi connectivity index (χ4v) is 2.36. The number of aliphatic hydroxyl groups is 1. The number of nitrogens with zero attached hydrogens (tertiary/aromatic N) is 4. The van der Waals surface area contributed by atoms with E-state index in [0.717, 1.165) is 5.69 Å². The molecular formula is C17H17N5O2. The van der Waals surface area contributed by atoms with Crippen molar-refractivity contribution in [1.29, 1.82) is 0 Å². The zero-order valence-electron chi connectivity index (χ0n) is 13.1. The van der Waals surface area contributed by atoms with E-state index >= 15 is 0 Å². The second kappa shape index (κ2) is 7.01. The molecule has 2 aromatic carbocycles. The zero-order valence-corrected chi connectivity index (χ0v) is 13.1. The highest BCUT2D eigenvalue weighted by Crippen LogP contribution is 2.17. The van der Waals surface area contributed by atoms with Crippen molar-refractivity contribution in [3.05, 3.63) is 72.1 Å². The lowest BCUT2D eigenvalue weighted by molar-refractivity contribution is -0.130. The molecule has 122 valence electrons. The maximum Gasteiger partial charge on any atom is 0.254 e. The molecule has 1 amide bonds. The molecule has 2 unspecified atom stereocenters. The van der Waals surface area contributed by atoms with E-state index < -0.39 is 18.1 Å². The molecule has 0 saturated carbocycles. The van der Waals surface area contributed by atoms with Gasteiger partial charge in [0.1, 0.15) is 0 Å². The van der Waals surface area contributed by atoms with Crippen molar-refractivity contribution in [3.63, 3.8) is 0 Å². The fourth-order valence-electron chi connectivity index (χ4n) is 2.36. The molecule has 3 rings (SSSR count). The van der Waals surface area contributed by atoms with Gasteiger partial charge in [-0.25, -0.2) is 0 Å². The third-order valence-electron chi connectivity index (χ3n) is 3.60. The normalized spacial score (nSPS) is 13.2. The van der Waals surface area contributed by atoms with Gasteiger partial charge in [0.25, 0.3) is 5.91 Å². The van der Waals surface area contributed by atoms with Crippen LogP contribution in [0.25, 0.3) is 5.69 Å². The smallest absolute Gasteiger partial charge is 0.254 e. The van der Waals surface area contributed by atoms with Gasteiger partial charge in [-0.05, 0) is 35.0 Å². The number of carbonyl (C=O) groups is 1. The summed E-state index contributed by atoms with van der Waals surface area (Å²) < 4.78 is 1.56. The topological polar surface area (TPSA) is 92.9 Å². The van der Waals surface area contributed by atoms with Crippen molar-refractivity contribution in [3.8, 4) is 5.69 Å². The summed E-state index contributed by atoms with van der Waals surface area (Å²) in [6.45, 7) is 1.76. The SMILES string of the molecule is CC(NC(=O)C(O)c1ccccc1)c1nnnn1-c1ccccc1. The number of aromatic nitrogens is 4. The van der Waals surface area contributed by atoms with E-state index in [-0.39, 0.29) is 0 Å². The summed E-state index contributed by atoms with van der Waals surface area (Å²) in [6.07, 6.45) is -1.24. The average molecular weight is 323 g/mol. The highest BCUT2D eigenvalue weighted by atomic mass is 16.3. The van der Waals surface area contributed by atoms with Crippen molar-refractivity contribution < 1.29 is 9.90 Å². The van der Waals surface area contributed by atoms with Gasteiger partial charge >= 0.3 is 0 Å². The van der Waals surface area contributed by atoms with E-state index in [1.54, 1.807) is 35.9 Å². The van der Waals surface area contributed by atoms with E-state index in [0.29, 0.717) is 11.4 Å². The molecule has 0 aliphatic heterocycles. The van der Waals surface area contributed by atoms with Crippen molar-refractivity contribution in [2.75, 3.05) is 0 Å². The Bertz CT molecular complexity index is 804. The largest absolute Gasteiger partial charge is 0.378 e. The molecule has 2 N–H and O–H groups in total. The van der Waals surface area contributed by atoms with Gasteiger partial charge in [0.2, 0.25) is 0 Å². The first-order valence-corrected chi connectivity index (χ1v) is 7.54. The highest BCUT2D eigenvalue weighted by Gasteiger charge is 2.22. The Labute approximate surface area is 138 Å². The lowest BCUT2D eigenvalue weighted by Crippen LogP contribution is -2.33. The predicted octanol–water partition coefficient (Wildman–Crippen LogP) is 1.57. The number of para-hydroxylation sites is 1. The number of hydrogen-bond donors (Lipinski definition) is 2. The zero-order chi connectivity index (χ0) is 16.9. The molecule has 1 heterocycles. The average Bonchev–Trinajstić information content (AvgIpc) is 3.12. The molecule has 0 saturated heterocycles. The highest BCUT2D eigenvalue weighted by molar-refractivity contribution is 5.82. The van der Waals surface area contributed by atoms with Gasteiger partial charge in [0.15, 0.2) is 11.9 Å². The van der Waals surface area contributed by atoms with Gasteiger partial charge in [0.05, 0.1) is 11.7 Å². The van der Waals surface area contributed by atoms with Crippen LogP contribution in [0.4, 0.5) is 0 Å². The van der Waals surface area contributed by atoms with Crippen LogP contribution in [0.3, 0.4) is 0 Å². The first-order chi connectivity index (χ1) is 11.7. The first kappa shape index (κ1) is 15.8. The van der Waals surface area contributed by atoms with Crippen LogP contribution >= 0.6 is 0 Å². The van der Waals surface area contributed by atoms with Crippen molar-refractivity contribution in [1.82, 2.24) is 25.5 Å². The Hall–Kier alpha value is -3.06. The van der Waals surface area contributed by atoms with Crippen molar-refractivity contribution >= 4 is 5.91 Å². The molecule has 1 aromatic heterocycles. The van der Waals surface area contributed by atoms with Gasteiger partial charge < -0.3 is 10.4 Å². The number of hydrogen-bond acceptors (Lipinski definition) is 5. The van der Waals surface area contributed by atoms with Crippen LogP contribution in [-0.2, 0) is 4.79 Å². The van der Waals surface area contributed by atoms with Crippen LogP contribution in [0.5, 0.6) is 0 Å². The van der Waals surface area contributed by atoms with Gasteiger partial charge in [-0.2, -0.15) is 4.68 Å². The number of carbonyl (C=O) groups excluding carboxylic acids is 1. The van der Waals surface area contributed by atoms with Gasteiger partial charge in [-0.1, -0.05) is 48.5 Å². The minimum Gasteiger partial charge on any atom is -0.378 e. The molecule has 0 spiro atoms. The lowest BCUT2D eigenvalue weighted by atomic mass is 10.1. The van der Waals surface area contributed by atoms with Crippen LogP contribution in [0.1, 0.15) is 30.5 Å². The molecule has 24 heavy (non-hydrogen) atoms.